The van der Waals surface area contributed by atoms with Gasteiger partial charge in [-0.05, 0) is 51.1 Å². The molecule has 112 valence electrons. The second-order valence-corrected chi connectivity index (χ2v) is 8.69. The quantitative estimate of drug-likeness (QED) is 0.852. The molecule has 5 nitrogen and oxygen atoms in total. The number of hydrogen-bond acceptors (Lipinski definition) is 4. The number of hydrogen-bond donors (Lipinski definition) is 1. The molecule has 0 aliphatic rings. The van der Waals surface area contributed by atoms with Gasteiger partial charge in [0.25, 0.3) is 0 Å². The van der Waals surface area contributed by atoms with E-state index in [1.165, 1.54) is 40.9 Å². The van der Waals surface area contributed by atoms with Crippen LogP contribution in [-0.2, 0) is 16.6 Å². The fraction of sp³-hybridized carbons (Fsp3) is 0.154. The third kappa shape index (κ3) is 3.70. The zero-order valence-electron chi connectivity index (χ0n) is 11.0. The maximum absolute atomic E-state index is 12.4. The Bertz CT molecular complexity index is 770. The molecule has 0 aliphatic carbocycles. The summed E-state index contributed by atoms with van der Waals surface area (Å²) in [7, 11) is -2.26. The van der Waals surface area contributed by atoms with E-state index in [-0.39, 0.29) is 17.0 Å². The number of carboxylic acids is 1. The van der Waals surface area contributed by atoms with E-state index in [9.17, 15) is 13.2 Å². The molecule has 1 N–H and O–H groups in total. The van der Waals surface area contributed by atoms with Crippen LogP contribution in [0.3, 0.4) is 0 Å². The highest BCUT2D eigenvalue weighted by molar-refractivity contribution is 9.11. The predicted molar refractivity (Wildman–Crippen MR) is 84.1 cm³/mol. The first-order valence-electron chi connectivity index (χ1n) is 5.83. The number of benzene rings is 1. The van der Waals surface area contributed by atoms with Gasteiger partial charge in [0.1, 0.15) is 0 Å². The lowest BCUT2D eigenvalue weighted by molar-refractivity contribution is 0.0696. The van der Waals surface area contributed by atoms with E-state index in [1.807, 2.05) is 11.4 Å². The first-order chi connectivity index (χ1) is 9.80. The van der Waals surface area contributed by atoms with Crippen LogP contribution in [-0.4, -0.2) is 30.8 Å². The summed E-state index contributed by atoms with van der Waals surface area (Å²) in [6.07, 6.45) is 0. The van der Waals surface area contributed by atoms with Gasteiger partial charge >= 0.3 is 5.97 Å². The molecule has 8 heteroatoms. The molecule has 1 heterocycles. The summed E-state index contributed by atoms with van der Waals surface area (Å²) < 4.78 is 27.0. The van der Waals surface area contributed by atoms with Crippen LogP contribution >= 0.6 is 27.3 Å². The van der Waals surface area contributed by atoms with Crippen molar-refractivity contribution in [3.05, 3.63) is 50.6 Å². The van der Waals surface area contributed by atoms with Gasteiger partial charge in [0.05, 0.1) is 14.2 Å². The smallest absolute Gasteiger partial charge is 0.335 e. The molecular weight excluding hydrogens is 378 g/mol. The summed E-state index contributed by atoms with van der Waals surface area (Å²) >= 11 is 4.80. The molecule has 21 heavy (non-hydrogen) atoms. The zero-order valence-corrected chi connectivity index (χ0v) is 14.2. The Morgan fingerprint density at radius 3 is 2.67 bits per heavy atom. The molecule has 0 bridgehead atoms. The largest absolute Gasteiger partial charge is 0.478 e. The monoisotopic (exact) mass is 389 g/mol. The van der Waals surface area contributed by atoms with E-state index in [2.05, 4.69) is 15.9 Å². The Kier molecular flexibility index (Phi) is 4.82. The Labute approximate surface area is 135 Å². The molecular formula is C13H12BrNO4S2. The van der Waals surface area contributed by atoms with Crippen molar-refractivity contribution in [1.29, 1.82) is 0 Å². The number of aromatic carboxylic acids is 1. The summed E-state index contributed by atoms with van der Waals surface area (Å²) in [6.45, 7) is 0.224. The Hall–Kier alpha value is -1.22. The van der Waals surface area contributed by atoms with Gasteiger partial charge < -0.3 is 5.11 Å². The van der Waals surface area contributed by atoms with Gasteiger partial charge in [-0.25, -0.2) is 13.2 Å². The van der Waals surface area contributed by atoms with Gasteiger partial charge in [-0.1, -0.05) is 6.07 Å². The first-order valence-corrected chi connectivity index (χ1v) is 8.94. The molecule has 0 aliphatic heterocycles. The van der Waals surface area contributed by atoms with Gasteiger partial charge in [-0.2, -0.15) is 4.31 Å². The average Bonchev–Trinajstić information content (AvgIpc) is 2.84. The molecule has 2 rings (SSSR count). The number of halogens is 1. The highest BCUT2D eigenvalue weighted by Crippen LogP contribution is 2.24. The van der Waals surface area contributed by atoms with E-state index in [0.29, 0.717) is 0 Å². The highest BCUT2D eigenvalue weighted by atomic mass is 79.9. The first kappa shape index (κ1) is 16.2. The normalized spacial score (nSPS) is 11.8. The van der Waals surface area contributed by atoms with Crippen molar-refractivity contribution >= 4 is 43.3 Å². The van der Waals surface area contributed by atoms with E-state index in [1.54, 1.807) is 0 Å². The van der Waals surface area contributed by atoms with E-state index < -0.39 is 16.0 Å². The standard InChI is InChI=1S/C13H12BrNO4S2/c1-15(7-9-5-12(14)20-8-9)21(18,19)11-4-2-3-10(6-11)13(16)17/h2-6,8H,7H2,1H3,(H,16,17). The molecule has 1 aromatic carbocycles. The maximum Gasteiger partial charge on any atom is 0.335 e. The molecule has 0 amide bonds. The topological polar surface area (TPSA) is 74.7 Å². The van der Waals surface area contributed by atoms with Crippen LogP contribution < -0.4 is 0 Å². The third-order valence-corrected chi connectivity index (χ3v) is 6.17. The van der Waals surface area contributed by atoms with Gasteiger partial charge in [-0.15, -0.1) is 11.3 Å². The minimum Gasteiger partial charge on any atom is -0.478 e. The van der Waals surface area contributed by atoms with Crippen molar-refractivity contribution in [1.82, 2.24) is 4.31 Å². The molecule has 0 fully saturated rings. The lowest BCUT2D eigenvalue weighted by Gasteiger charge is -2.16. The second-order valence-electron chi connectivity index (χ2n) is 4.35. The summed E-state index contributed by atoms with van der Waals surface area (Å²) in [6, 6.07) is 7.19. The summed E-state index contributed by atoms with van der Waals surface area (Å²) in [5.74, 6) is -1.16. The maximum atomic E-state index is 12.4. The van der Waals surface area contributed by atoms with Crippen LogP contribution in [0, 0.1) is 0 Å². The van der Waals surface area contributed by atoms with Crippen molar-refractivity contribution < 1.29 is 18.3 Å². The van der Waals surface area contributed by atoms with Crippen molar-refractivity contribution in [2.45, 2.75) is 11.4 Å². The van der Waals surface area contributed by atoms with Crippen molar-refractivity contribution in [2.24, 2.45) is 0 Å². The average molecular weight is 390 g/mol. The zero-order chi connectivity index (χ0) is 15.6. The van der Waals surface area contributed by atoms with Crippen molar-refractivity contribution in [3.8, 4) is 0 Å². The minimum atomic E-state index is -3.72. The minimum absolute atomic E-state index is 0.0285. The van der Waals surface area contributed by atoms with Crippen LogP contribution in [0.2, 0.25) is 0 Å². The van der Waals surface area contributed by atoms with Crippen LogP contribution in [0.15, 0.2) is 44.4 Å². The number of nitrogens with zero attached hydrogens (tertiary/aromatic N) is 1. The van der Waals surface area contributed by atoms with Crippen molar-refractivity contribution in [2.75, 3.05) is 7.05 Å². The second kappa shape index (κ2) is 6.27. The van der Waals surface area contributed by atoms with Crippen LogP contribution in [0.1, 0.15) is 15.9 Å². The SMILES string of the molecule is CN(Cc1csc(Br)c1)S(=O)(=O)c1cccc(C(=O)O)c1. The van der Waals surface area contributed by atoms with Crippen molar-refractivity contribution in [3.63, 3.8) is 0 Å². The summed E-state index contributed by atoms with van der Waals surface area (Å²) in [5, 5.41) is 10.8. The highest BCUT2D eigenvalue weighted by Gasteiger charge is 2.22. The van der Waals surface area contributed by atoms with E-state index >= 15 is 0 Å². The Balaban J connectivity index is 2.28. The van der Waals surface area contributed by atoms with Crippen LogP contribution in [0.4, 0.5) is 0 Å². The molecule has 0 atom stereocenters. The number of rotatable bonds is 5. The summed E-state index contributed by atoms with van der Waals surface area (Å²) in [4.78, 5) is 10.9. The number of carboxylic acid groups (broad SMARTS) is 1. The van der Waals surface area contributed by atoms with Crippen LogP contribution in [0.5, 0.6) is 0 Å². The molecule has 0 saturated heterocycles. The predicted octanol–water partition coefficient (Wildman–Crippen LogP) is 3.03. The van der Waals surface area contributed by atoms with E-state index in [0.717, 1.165) is 15.4 Å². The van der Waals surface area contributed by atoms with Gasteiger partial charge in [0.2, 0.25) is 10.0 Å². The lowest BCUT2D eigenvalue weighted by Crippen LogP contribution is -2.26. The van der Waals surface area contributed by atoms with Gasteiger partial charge in [0.15, 0.2) is 0 Å². The van der Waals surface area contributed by atoms with Gasteiger partial charge in [-0.3, -0.25) is 0 Å². The molecule has 0 spiro atoms. The van der Waals surface area contributed by atoms with Crippen LogP contribution in [0.25, 0.3) is 0 Å². The third-order valence-electron chi connectivity index (χ3n) is 2.82. The van der Waals surface area contributed by atoms with Gasteiger partial charge in [0, 0.05) is 13.6 Å². The fourth-order valence-corrected chi connectivity index (χ4v) is 4.15. The van der Waals surface area contributed by atoms with E-state index in [4.69, 9.17) is 5.11 Å². The number of thiophene rings is 1. The summed E-state index contributed by atoms with van der Waals surface area (Å²) in [5.41, 5.74) is 0.815. The molecule has 0 unspecified atom stereocenters. The number of sulfonamides is 1. The fourth-order valence-electron chi connectivity index (χ4n) is 1.74. The number of carbonyl (C=O) groups is 1. The Morgan fingerprint density at radius 2 is 2.10 bits per heavy atom. The molecule has 2 aromatic rings. The molecule has 0 radical (unpaired) electrons. The molecule has 1 aromatic heterocycles. The Morgan fingerprint density at radius 1 is 1.38 bits per heavy atom. The molecule has 0 saturated carbocycles. The lowest BCUT2D eigenvalue weighted by atomic mass is 10.2.